The number of aliphatic hydroxyl groups excluding tert-OH is 2. The third-order valence-electron chi connectivity index (χ3n) is 2.41. The van der Waals surface area contributed by atoms with Crippen LogP contribution in [0.2, 0.25) is 0 Å². The van der Waals surface area contributed by atoms with E-state index >= 15 is 0 Å². The highest BCUT2D eigenvalue weighted by Crippen LogP contribution is 2.17. The summed E-state index contributed by atoms with van der Waals surface area (Å²) in [5.41, 5.74) is 0.934. The summed E-state index contributed by atoms with van der Waals surface area (Å²) in [6, 6.07) is 7.85. The predicted octanol–water partition coefficient (Wildman–Crippen LogP) is 2.30. The molecule has 0 spiro atoms. The molecule has 2 atom stereocenters. The third kappa shape index (κ3) is 5.48. The molecular weight excluding hydrogens is 388 g/mol. The van der Waals surface area contributed by atoms with Crippen molar-refractivity contribution in [2.24, 2.45) is 0 Å². The van der Waals surface area contributed by atoms with Gasteiger partial charge in [0.1, 0.15) is 0 Å². The Hall–Kier alpha value is 0.250. The molecule has 6 heteroatoms. The standard InChI is InChI=1S/C12H16Cl2INO2/c13-5-11(17)7-16(8-12(18)6-14)10-3-1-9(15)2-4-10/h1-4,11-12,17-18H,5-8H2. The minimum absolute atomic E-state index is 0.165. The van der Waals surface area contributed by atoms with Crippen LogP contribution in [0.25, 0.3) is 0 Å². The smallest absolute Gasteiger partial charge is 0.0850 e. The molecular formula is C12H16Cl2INO2. The molecule has 18 heavy (non-hydrogen) atoms. The lowest BCUT2D eigenvalue weighted by Gasteiger charge is -2.28. The van der Waals surface area contributed by atoms with Gasteiger partial charge in [0, 0.05) is 22.3 Å². The zero-order valence-electron chi connectivity index (χ0n) is 9.77. The SMILES string of the molecule is OC(CCl)CN(CC(O)CCl)c1ccc(I)cc1. The Morgan fingerprint density at radius 1 is 1.00 bits per heavy atom. The molecule has 0 fully saturated rings. The molecule has 0 aliphatic carbocycles. The molecule has 0 aliphatic heterocycles. The van der Waals surface area contributed by atoms with Crippen molar-refractivity contribution in [3.63, 3.8) is 0 Å². The summed E-state index contributed by atoms with van der Waals surface area (Å²) in [6.45, 7) is 0.746. The molecule has 0 radical (unpaired) electrons. The maximum Gasteiger partial charge on any atom is 0.0850 e. The monoisotopic (exact) mass is 403 g/mol. The minimum Gasteiger partial charge on any atom is -0.390 e. The fourth-order valence-corrected chi connectivity index (χ4v) is 2.10. The summed E-state index contributed by atoms with van der Waals surface area (Å²) in [4.78, 5) is 1.89. The van der Waals surface area contributed by atoms with E-state index in [1.807, 2.05) is 29.2 Å². The topological polar surface area (TPSA) is 43.7 Å². The van der Waals surface area contributed by atoms with Crippen molar-refractivity contribution in [3.05, 3.63) is 27.8 Å². The molecule has 0 saturated heterocycles. The molecule has 102 valence electrons. The van der Waals surface area contributed by atoms with Crippen molar-refractivity contribution < 1.29 is 10.2 Å². The first-order chi connectivity index (χ1) is 8.56. The van der Waals surface area contributed by atoms with Gasteiger partial charge in [0.2, 0.25) is 0 Å². The van der Waals surface area contributed by atoms with Gasteiger partial charge in [-0.2, -0.15) is 0 Å². The Morgan fingerprint density at radius 2 is 1.44 bits per heavy atom. The maximum atomic E-state index is 9.64. The molecule has 3 nitrogen and oxygen atoms in total. The Bertz CT molecular complexity index is 338. The van der Waals surface area contributed by atoms with Gasteiger partial charge in [-0.05, 0) is 46.9 Å². The van der Waals surface area contributed by atoms with Crippen molar-refractivity contribution in [3.8, 4) is 0 Å². The van der Waals surface area contributed by atoms with Crippen molar-refractivity contribution in [1.29, 1.82) is 0 Å². The number of hydrogen-bond donors (Lipinski definition) is 2. The van der Waals surface area contributed by atoms with Crippen LogP contribution in [0.3, 0.4) is 0 Å². The van der Waals surface area contributed by atoms with E-state index in [4.69, 9.17) is 23.2 Å². The Labute approximate surface area is 131 Å². The van der Waals surface area contributed by atoms with Crippen LogP contribution in [-0.2, 0) is 0 Å². The molecule has 0 heterocycles. The van der Waals surface area contributed by atoms with Crippen LogP contribution >= 0.6 is 45.8 Å². The second-order valence-electron chi connectivity index (χ2n) is 4.00. The van der Waals surface area contributed by atoms with Gasteiger partial charge in [0.15, 0.2) is 0 Å². The maximum absolute atomic E-state index is 9.64. The van der Waals surface area contributed by atoms with E-state index in [-0.39, 0.29) is 11.8 Å². The second kappa shape index (κ2) is 8.43. The lowest BCUT2D eigenvalue weighted by molar-refractivity contribution is 0.181. The Morgan fingerprint density at radius 3 is 1.83 bits per heavy atom. The Kier molecular flexibility index (Phi) is 7.63. The predicted molar refractivity (Wildman–Crippen MR) is 84.8 cm³/mol. The molecule has 0 aliphatic rings. The lowest BCUT2D eigenvalue weighted by atomic mass is 10.2. The average Bonchev–Trinajstić information content (AvgIpc) is 2.38. The summed E-state index contributed by atoms with van der Waals surface area (Å²) in [6.07, 6.45) is -1.26. The van der Waals surface area contributed by atoms with Crippen LogP contribution in [0.5, 0.6) is 0 Å². The second-order valence-corrected chi connectivity index (χ2v) is 5.86. The zero-order chi connectivity index (χ0) is 13.5. The van der Waals surface area contributed by atoms with Crippen molar-refractivity contribution in [2.45, 2.75) is 12.2 Å². The summed E-state index contributed by atoms with van der Waals surface area (Å²) >= 11 is 13.5. The summed E-state index contributed by atoms with van der Waals surface area (Å²) < 4.78 is 1.13. The number of anilines is 1. The number of hydrogen-bond acceptors (Lipinski definition) is 3. The normalized spacial score (nSPS) is 14.3. The molecule has 2 N–H and O–H groups in total. The van der Waals surface area contributed by atoms with Crippen molar-refractivity contribution in [1.82, 2.24) is 0 Å². The molecule has 0 saturated carbocycles. The first kappa shape index (κ1) is 16.3. The molecule has 2 unspecified atom stereocenters. The highest BCUT2D eigenvalue weighted by molar-refractivity contribution is 14.1. The average molecular weight is 404 g/mol. The van der Waals surface area contributed by atoms with Gasteiger partial charge < -0.3 is 15.1 Å². The zero-order valence-corrected chi connectivity index (χ0v) is 13.4. The lowest BCUT2D eigenvalue weighted by Crippen LogP contribution is -2.39. The summed E-state index contributed by atoms with van der Waals surface area (Å²) in [5.74, 6) is 0.329. The first-order valence-corrected chi connectivity index (χ1v) is 7.70. The van der Waals surface area contributed by atoms with Crippen LogP contribution in [0, 0.1) is 3.57 Å². The number of halogens is 3. The quantitative estimate of drug-likeness (QED) is 0.542. The van der Waals surface area contributed by atoms with E-state index in [2.05, 4.69) is 22.6 Å². The van der Waals surface area contributed by atoms with E-state index in [0.29, 0.717) is 13.1 Å². The van der Waals surface area contributed by atoms with Gasteiger partial charge in [-0.3, -0.25) is 0 Å². The van der Waals surface area contributed by atoms with Gasteiger partial charge in [-0.15, -0.1) is 23.2 Å². The number of benzene rings is 1. The number of rotatable bonds is 7. The van der Waals surface area contributed by atoms with Crippen LogP contribution in [-0.4, -0.2) is 47.3 Å². The van der Waals surface area contributed by atoms with Crippen molar-refractivity contribution in [2.75, 3.05) is 29.7 Å². The van der Waals surface area contributed by atoms with Crippen LogP contribution < -0.4 is 4.90 Å². The first-order valence-electron chi connectivity index (χ1n) is 5.55. The molecule has 1 aromatic rings. The molecule has 0 bridgehead atoms. The van der Waals surface area contributed by atoms with E-state index in [0.717, 1.165) is 9.26 Å². The highest BCUT2D eigenvalue weighted by Gasteiger charge is 2.15. The Balaban J connectivity index is 2.78. The van der Waals surface area contributed by atoms with Crippen LogP contribution in [0.4, 0.5) is 5.69 Å². The van der Waals surface area contributed by atoms with E-state index in [1.54, 1.807) is 0 Å². The number of nitrogens with zero attached hydrogens (tertiary/aromatic N) is 1. The van der Waals surface area contributed by atoms with Crippen LogP contribution in [0.1, 0.15) is 0 Å². The fourth-order valence-electron chi connectivity index (χ4n) is 1.54. The van der Waals surface area contributed by atoms with E-state index in [9.17, 15) is 10.2 Å². The molecule has 0 aromatic heterocycles. The summed E-state index contributed by atoms with van der Waals surface area (Å²) in [5, 5.41) is 19.3. The van der Waals surface area contributed by atoms with Crippen LogP contribution in [0.15, 0.2) is 24.3 Å². The third-order valence-corrected chi connectivity index (χ3v) is 3.84. The number of aliphatic hydroxyl groups is 2. The molecule has 1 aromatic carbocycles. The van der Waals surface area contributed by atoms with Gasteiger partial charge in [-0.25, -0.2) is 0 Å². The van der Waals surface area contributed by atoms with Gasteiger partial charge in [-0.1, -0.05) is 0 Å². The van der Waals surface area contributed by atoms with Gasteiger partial charge >= 0.3 is 0 Å². The van der Waals surface area contributed by atoms with Gasteiger partial charge in [0.05, 0.1) is 24.0 Å². The molecule has 0 amide bonds. The van der Waals surface area contributed by atoms with E-state index < -0.39 is 12.2 Å². The van der Waals surface area contributed by atoms with Crippen molar-refractivity contribution >= 4 is 51.5 Å². The van der Waals surface area contributed by atoms with Gasteiger partial charge in [0.25, 0.3) is 0 Å². The molecule has 1 rings (SSSR count). The fraction of sp³-hybridized carbons (Fsp3) is 0.500. The highest BCUT2D eigenvalue weighted by atomic mass is 127. The summed E-state index contributed by atoms with van der Waals surface area (Å²) in [7, 11) is 0. The minimum atomic E-state index is -0.631. The van der Waals surface area contributed by atoms with E-state index in [1.165, 1.54) is 0 Å². The largest absolute Gasteiger partial charge is 0.390 e. The number of alkyl halides is 2.